The van der Waals surface area contributed by atoms with Crippen LogP contribution in [0.4, 0.5) is 0 Å². The van der Waals surface area contributed by atoms with Crippen LogP contribution >= 0.6 is 0 Å². The molecule has 2 unspecified atom stereocenters. The van der Waals surface area contributed by atoms with Gasteiger partial charge in [-0.3, -0.25) is 0 Å². The number of aliphatic hydroxyl groups excluding tert-OH is 2. The Morgan fingerprint density at radius 1 is 0.725 bits per heavy atom. The number of hydrogen-bond donors (Lipinski definition) is 4. The molecule has 1 heterocycles. The van der Waals surface area contributed by atoms with Gasteiger partial charge in [-0.15, -0.1) is 0 Å². The molecule has 10 heteroatoms. The molecule has 0 aromatic rings. The van der Waals surface area contributed by atoms with Crippen molar-refractivity contribution in [1.29, 1.82) is 0 Å². The number of unbranched alkanes of at least 4 members (excludes halogenated alkanes) is 2. The Kier molecular flexibility index (Phi) is 17.1. The molecule has 0 saturated carbocycles. The summed E-state index contributed by atoms with van der Waals surface area (Å²) in [7, 11) is 0. The fourth-order valence-corrected chi connectivity index (χ4v) is 4.12. The number of hydrogen-bond acceptors (Lipinski definition) is 10. The first kappa shape index (κ1) is 34.7. The quantitative estimate of drug-likeness (QED) is 0.0804. The highest BCUT2D eigenvalue weighted by atomic mass is 16.5. The highest BCUT2D eigenvalue weighted by molar-refractivity contribution is 5.88. The lowest BCUT2D eigenvalue weighted by Gasteiger charge is -2.33. The molecular weight excluding hydrogens is 512 g/mol. The van der Waals surface area contributed by atoms with Crippen LogP contribution in [-0.2, 0) is 19.1 Å². The van der Waals surface area contributed by atoms with Crippen molar-refractivity contribution in [2.45, 2.75) is 79.1 Å². The molecule has 0 aliphatic carbocycles. The monoisotopic (exact) mass is 564 g/mol. The molecule has 1 aliphatic rings. The van der Waals surface area contributed by atoms with Crippen LogP contribution in [0.25, 0.3) is 0 Å². The van der Waals surface area contributed by atoms with Gasteiger partial charge >= 0.3 is 11.9 Å². The van der Waals surface area contributed by atoms with Gasteiger partial charge in [-0.2, -0.15) is 0 Å². The molecule has 0 aromatic carbocycles. The zero-order valence-corrected chi connectivity index (χ0v) is 24.9. The number of nitrogens with two attached hydrogens (primary N) is 2. The van der Waals surface area contributed by atoms with Gasteiger partial charge < -0.3 is 41.0 Å². The Balaban J connectivity index is 2.54. The summed E-state index contributed by atoms with van der Waals surface area (Å²) in [6.07, 6.45) is 14.3. The molecule has 1 aliphatic heterocycles. The minimum Gasteiger partial charge on any atom is -0.505 e. The van der Waals surface area contributed by atoms with Gasteiger partial charge in [0.15, 0.2) is 11.4 Å². The predicted octanol–water partition coefficient (Wildman–Crippen LogP) is 4.61. The van der Waals surface area contributed by atoms with Gasteiger partial charge in [-0.25, -0.2) is 9.59 Å². The van der Waals surface area contributed by atoms with Crippen LogP contribution in [-0.4, -0.2) is 71.3 Å². The number of allylic oxidation sites excluding steroid dienone is 2. The zero-order valence-electron chi connectivity index (χ0n) is 24.9. The largest absolute Gasteiger partial charge is 0.505 e. The summed E-state index contributed by atoms with van der Waals surface area (Å²) in [5.41, 5.74) is 11.0. The molecule has 6 N–H and O–H groups in total. The molecule has 1 saturated heterocycles. The van der Waals surface area contributed by atoms with Crippen molar-refractivity contribution in [3.63, 3.8) is 0 Å². The average molecular weight is 565 g/mol. The number of esters is 2. The van der Waals surface area contributed by atoms with E-state index in [-0.39, 0.29) is 34.7 Å². The maximum Gasteiger partial charge on any atom is 0.358 e. The van der Waals surface area contributed by atoms with E-state index >= 15 is 0 Å². The highest BCUT2D eigenvalue weighted by Gasteiger charge is 2.17. The lowest BCUT2D eigenvalue weighted by Crippen LogP contribution is -2.41. The normalized spacial score (nSPS) is 17.0. The number of carbonyl (C=O) groups is 2. The number of rotatable bonds is 18. The van der Waals surface area contributed by atoms with E-state index in [0.717, 1.165) is 51.4 Å². The molecule has 0 bridgehead atoms. The third-order valence-corrected chi connectivity index (χ3v) is 7.21. The first-order valence-electron chi connectivity index (χ1n) is 14.7. The maximum atomic E-state index is 12.2. The summed E-state index contributed by atoms with van der Waals surface area (Å²) >= 11 is 0. The summed E-state index contributed by atoms with van der Waals surface area (Å²) < 4.78 is 10.6. The van der Waals surface area contributed by atoms with Crippen LogP contribution < -0.4 is 11.5 Å². The number of ether oxygens (including phenoxy) is 2. The number of nitrogens with zero attached hydrogens (tertiary/aromatic N) is 2. The minimum absolute atomic E-state index is 0.288. The van der Waals surface area contributed by atoms with E-state index in [1.54, 1.807) is 12.4 Å². The fourth-order valence-electron chi connectivity index (χ4n) is 4.12. The molecule has 0 radical (unpaired) electrons. The summed E-state index contributed by atoms with van der Waals surface area (Å²) in [5, 5.41) is 20.5. The van der Waals surface area contributed by atoms with E-state index < -0.39 is 11.9 Å². The third-order valence-electron chi connectivity index (χ3n) is 7.21. The van der Waals surface area contributed by atoms with E-state index in [4.69, 9.17) is 20.9 Å². The Labute approximate surface area is 240 Å². The van der Waals surface area contributed by atoms with Gasteiger partial charge in [0.2, 0.25) is 0 Å². The van der Waals surface area contributed by atoms with Crippen LogP contribution in [0.15, 0.2) is 47.5 Å². The summed E-state index contributed by atoms with van der Waals surface area (Å²) in [6.45, 7) is 11.5. The Morgan fingerprint density at radius 2 is 1.07 bits per heavy atom. The second kappa shape index (κ2) is 19.7. The van der Waals surface area contributed by atoms with Gasteiger partial charge in [0.05, 0.1) is 13.2 Å². The van der Waals surface area contributed by atoms with E-state index in [2.05, 4.69) is 27.7 Å². The first-order chi connectivity index (χ1) is 19.2. The van der Waals surface area contributed by atoms with E-state index in [1.165, 1.54) is 12.2 Å². The Hall–Kier alpha value is -3.30. The van der Waals surface area contributed by atoms with Gasteiger partial charge in [0.1, 0.15) is 11.5 Å². The van der Waals surface area contributed by atoms with Gasteiger partial charge in [-0.1, -0.05) is 66.2 Å². The molecule has 10 nitrogen and oxygen atoms in total. The van der Waals surface area contributed by atoms with E-state index in [1.807, 2.05) is 9.80 Å². The lowest BCUT2D eigenvalue weighted by molar-refractivity contribution is -0.141. The van der Waals surface area contributed by atoms with Crippen LogP contribution in [0.5, 0.6) is 0 Å². The molecule has 2 atom stereocenters. The van der Waals surface area contributed by atoms with Crippen molar-refractivity contribution in [3.05, 3.63) is 47.5 Å². The van der Waals surface area contributed by atoms with Crippen LogP contribution in [0.3, 0.4) is 0 Å². The molecule has 0 amide bonds. The van der Waals surface area contributed by atoms with Crippen LogP contribution in [0.1, 0.15) is 79.1 Å². The summed E-state index contributed by atoms with van der Waals surface area (Å²) in [5.74, 6) is -1.52. The molecule has 0 aromatic heterocycles. The topological polar surface area (TPSA) is 152 Å². The Morgan fingerprint density at radius 3 is 1.38 bits per heavy atom. The zero-order chi connectivity index (χ0) is 29.9. The van der Waals surface area contributed by atoms with Crippen molar-refractivity contribution < 1.29 is 29.3 Å². The molecule has 228 valence electrons. The second-order valence-electron chi connectivity index (χ2n) is 10.3. The highest BCUT2D eigenvalue weighted by Crippen LogP contribution is 2.15. The molecule has 1 fully saturated rings. The standard InChI is InChI=1S/C30H52N4O6/c1-5-9-11-23(7-3)21-39-29(37)27(31)25(35)13-15-33-17-19-34(20-18-33)16-14-26(36)28(32)30(38)40-22-24(8-4)12-10-6-2/h13-16,23-24,35-36H,5-12,17-22,31-32H2,1-4H3/b15-13+,16-14+,27-25-,28-26+. The second-order valence-corrected chi connectivity index (χ2v) is 10.3. The van der Waals surface area contributed by atoms with Gasteiger partial charge in [0.25, 0.3) is 0 Å². The van der Waals surface area contributed by atoms with Gasteiger partial charge in [0, 0.05) is 38.6 Å². The Bertz CT molecular complexity index is 819. The molecule has 1 rings (SSSR count). The van der Waals surface area contributed by atoms with Gasteiger partial charge in [-0.05, 0) is 36.8 Å². The SMILES string of the molecule is CCCCC(CC)COC(=O)/C(N)=C(O)\C=C\N1CCN(/C=C/C(O)=C(\N)C(=O)OCC(CC)CCCC)CC1. The van der Waals surface area contributed by atoms with E-state index in [0.29, 0.717) is 39.4 Å². The maximum absolute atomic E-state index is 12.2. The van der Waals surface area contributed by atoms with Crippen LogP contribution in [0.2, 0.25) is 0 Å². The lowest BCUT2D eigenvalue weighted by atomic mass is 10.0. The van der Waals surface area contributed by atoms with E-state index in [9.17, 15) is 19.8 Å². The number of carbonyl (C=O) groups excluding carboxylic acids is 2. The average Bonchev–Trinajstić information content (AvgIpc) is 2.98. The summed E-state index contributed by atoms with van der Waals surface area (Å²) in [4.78, 5) is 28.4. The number of aliphatic hydroxyl groups is 2. The predicted molar refractivity (Wildman–Crippen MR) is 158 cm³/mol. The molecular formula is C30H52N4O6. The summed E-state index contributed by atoms with van der Waals surface area (Å²) in [6, 6.07) is 0. The number of piperazine rings is 1. The van der Waals surface area contributed by atoms with Crippen molar-refractivity contribution in [3.8, 4) is 0 Å². The molecule has 0 spiro atoms. The van der Waals surface area contributed by atoms with Crippen molar-refractivity contribution in [2.75, 3.05) is 39.4 Å². The van der Waals surface area contributed by atoms with Crippen molar-refractivity contribution >= 4 is 11.9 Å². The van der Waals surface area contributed by atoms with Crippen molar-refractivity contribution in [1.82, 2.24) is 9.80 Å². The molecule has 40 heavy (non-hydrogen) atoms. The van der Waals surface area contributed by atoms with Crippen LogP contribution in [0, 0.1) is 11.8 Å². The third kappa shape index (κ3) is 13.2. The fraction of sp³-hybridized carbons (Fsp3) is 0.667. The first-order valence-corrected chi connectivity index (χ1v) is 14.7. The van der Waals surface area contributed by atoms with Crippen molar-refractivity contribution in [2.24, 2.45) is 23.3 Å². The minimum atomic E-state index is -0.718. The smallest absolute Gasteiger partial charge is 0.358 e.